The summed E-state index contributed by atoms with van der Waals surface area (Å²) in [5.74, 6) is 1.53. The van der Waals surface area contributed by atoms with Crippen molar-refractivity contribution in [3.63, 3.8) is 0 Å². The summed E-state index contributed by atoms with van der Waals surface area (Å²) in [7, 11) is 0. The van der Waals surface area contributed by atoms with Crippen LogP contribution in [0.4, 0.5) is 5.69 Å². The molecule has 1 heterocycles. The molecule has 1 aliphatic heterocycles. The molecule has 0 unspecified atom stereocenters. The summed E-state index contributed by atoms with van der Waals surface area (Å²) < 4.78 is 5.64. The Labute approximate surface area is 195 Å². The summed E-state index contributed by atoms with van der Waals surface area (Å²) in [5, 5.41) is 5.85. The number of nitrogens with one attached hydrogen (secondary N) is 2. The van der Waals surface area contributed by atoms with Crippen LogP contribution in [0.5, 0.6) is 5.75 Å². The lowest BCUT2D eigenvalue weighted by molar-refractivity contribution is 0.0697. The van der Waals surface area contributed by atoms with E-state index in [0.717, 1.165) is 31.7 Å². The smallest absolute Gasteiger partial charge is 0.257 e. The maximum atomic E-state index is 12.8. The predicted molar refractivity (Wildman–Crippen MR) is 131 cm³/mol. The molecule has 0 radical (unpaired) electrons. The van der Waals surface area contributed by atoms with Gasteiger partial charge in [-0.25, -0.2) is 0 Å². The molecule has 3 rings (SSSR count). The van der Waals surface area contributed by atoms with Gasteiger partial charge in [0.25, 0.3) is 11.8 Å². The van der Waals surface area contributed by atoms with Crippen LogP contribution in [0.15, 0.2) is 48.5 Å². The van der Waals surface area contributed by atoms with Crippen LogP contribution in [0.1, 0.15) is 54.3 Å². The Kier molecular flexibility index (Phi) is 8.22. The minimum atomic E-state index is -0.312. The third kappa shape index (κ3) is 6.79. The number of piperidine rings is 1. The van der Waals surface area contributed by atoms with Gasteiger partial charge in [0.15, 0.2) is 5.11 Å². The van der Waals surface area contributed by atoms with Crippen molar-refractivity contribution in [2.24, 2.45) is 11.8 Å². The number of ether oxygens (including phenoxy) is 1. The molecule has 1 saturated heterocycles. The van der Waals surface area contributed by atoms with Crippen LogP contribution in [0, 0.1) is 11.8 Å². The van der Waals surface area contributed by atoms with Gasteiger partial charge in [-0.2, -0.15) is 0 Å². The first-order valence-corrected chi connectivity index (χ1v) is 11.5. The first-order chi connectivity index (χ1) is 15.3. The van der Waals surface area contributed by atoms with Crippen LogP contribution in [-0.4, -0.2) is 41.5 Å². The van der Waals surface area contributed by atoms with E-state index < -0.39 is 0 Å². The average Bonchev–Trinajstić information content (AvgIpc) is 2.78. The normalized spacial score (nSPS) is 14.2. The molecular weight excluding hydrogens is 422 g/mol. The van der Waals surface area contributed by atoms with E-state index in [2.05, 4.69) is 31.4 Å². The first-order valence-electron chi connectivity index (χ1n) is 11.1. The highest BCUT2D eigenvalue weighted by atomic mass is 32.1. The van der Waals surface area contributed by atoms with E-state index in [4.69, 9.17) is 17.0 Å². The number of likely N-dealkylation sites (tertiary alicyclic amines) is 1. The standard InChI is InChI=1S/C25H31N3O3S/c1-17(2)16-31-22-9-7-19(8-10-22)23(29)27-25(32)26-21-6-4-5-20(15-21)24(30)28-13-11-18(3)12-14-28/h4-10,15,17-18H,11-14,16H2,1-3H3,(H2,26,27,29,32). The van der Waals surface area contributed by atoms with Crippen molar-refractivity contribution in [1.29, 1.82) is 0 Å². The summed E-state index contributed by atoms with van der Waals surface area (Å²) in [5.41, 5.74) is 1.74. The van der Waals surface area contributed by atoms with E-state index >= 15 is 0 Å². The SMILES string of the molecule is CC(C)COc1ccc(C(=O)NC(=S)Nc2cccc(C(=O)N3CCC(C)CC3)c2)cc1. The Morgan fingerprint density at radius 2 is 1.78 bits per heavy atom. The number of thiocarbonyl (C=S) groups is 1. The third-order valence-electron chi connectivity index (χ3n) is 5.37. The van der Waals surface area contributed by atoms with Crippen molar-refractivity contribution in [1.82, 2.24) is 10.2 Å². The number of carbonyl (C=O) groups is 2. The molecule has 0 atom stereocenters. The fourth-order valence-electron chi connectivity index (χ4n) is 3.43. The van der Waals surface area contributed by atoms with E-state index in [1.165, 1.54) is 0 Å². The zero-order chi connectivity index (χ0) is 23.1. The third-order valence-corrected chi connectivity index (χ3v) is 5.57. The minimum absolute atomic E-state index is 0.0234. The molecule has 0 saturated carbocycles. The summed E-state index contributed by atoms with van der Waals surface area (Å²) in [6.45, 7) is 8.57. The maximum Gasteiger partial charge on any atom is 0.257 e. The van der Waals surface area contributed by atoms with E-state index in [1.807, 2.05) is 17.0 Å². The van der Waals surface area contributed by atoms with Crippen LogP contribution in [0.3, 0.4) is 0 Å². The van der Waals surface area contributed by atoms with Crippen LogP contribution in [0.25, 0.3) is 0 Å². The van der Waals surface area contributed by atoms with Crippen molar-refractivity contribution in [2.45, 2.75) is 33.6 Å². The van der Waals surface area contributed by atoms with Gasteiger partial charge >= 0.3 is 0 Å². The second kappa shape index (κ2) is 11.1. The number of hydrogen-bond donors (Lipinski definition) is 2. The monoisotopic (exact) mass is 453 g/mol. The molecule has 2 aromatic carbocycles. The number of hydrogen-bond acceptors (Lipinski definition) is 4. The largest absolute Gasteiger partial charge is 0.493 e. The second-order valence-electron chi connectivity index (χ2n) is 8.69. The Morgan fingerprint density at radius 1 is 1.09 bits per heavy atom. The molecule has 170 valence electrons. The number of anilines is 1. The number of amides is 2. The van der Waals surface area contributed by atoms with Crippen LogP contribution in [0.2, 0.25) is 0 Å². The van der Waals surface area contributed by atoms with Crippen LogP contribution >= 0.6 is 12.2 Å². The molecule has 32 heavy (non-hydrogen) atoms. The Balaban J connectivity index is 1.55. The van der Waals surface area contributed by atoms with Gasteiger partial charge in [0.05, 0.1) is 6.61 Å². The zero-order valence-electron chi connectivity index (χ0n) is 18.9. The molecule has 2 N–H and O–H groups in total. The van der Waals surface area contributed by atoms with Crippen molar-refractivity contribution in [2.75, 3.05) is 25.0 Å². The molecular formula is C25H31N3O3S. The lowest BCUT2D eigenvalue weighted by Gasteiger charge is -2.30. The van der Waals surface area contributed by atoms with Gasteiger partial charge in [0, 0.05) is 29.9 Å². The fraction of sp³-hybridized carbons (Fsp3) is 0.400. The molecule has 0 aliphatic carbocycles. The number of nitrogens with zero attached hydrogens (tertiary/aromatic N) is 1. The number of benzene rings is 2. The quantitative estimate of drug-likeness (QED) is 0.620. The Hall–Kier alpha value is -2.93. The molecule has 2 aromatic rings. The maximum absolute atomic E-state index is 12.8. The topological polar surface area (TPSA) is 70.7 Å². The van der Waals surface area contributed by atoms with Crippen molar-refractivity contribution >= 4 is 34.8 Å². The van der Waals surface area contributed by atoms with Gasteiger partial charge in [0.1, 0.15) is 5.75 Å². The van der Waals surface area contributed by atoms with Crippen LogP contribution in [-0.2, 0) is 0 Å². The minimum Gasteiger partial charge on any atom is -0.493 e. The zero-order valence-corrected chi connectivity index (χ0v) is 19.7. The van der Waals surface area contributed by atoms with Crippen molar-refractivity contribution in [3.8, 4) is 5.75 Å². The fourth-order valence-corrected chi connectivity index (χ4v) is 3.64. The molecule has 1 aliphatic rings. The summed E-state index contributed by atoms with van der Waals surface area (Å²) in [6.07, 6.45) is 2.06. The predicted octanol–water partition coefficient (Wildman–Crippen LogP) is 4.72. The lowest BCUT2D eigenvalue weighted by Crippen LogP contribution is -2.38. The summed E-state index contributed by atoms with van der Waals surface area (Å²) >= 11 is 5.29. The Morgan fingerprint density at radius 3 is 2.44 bits per heavy atom. The summed E-state index contributed by atoms with van der Waals surface area (Å²) in [6, 6.07) is 14.1. The van der Waals surface area contributed by atoms with Gasteiger partial charge in [-0.05, 0) is 79.4 Å². The van der Waals surface area contributed by atoms with E-state index in [1.54, 1.807) is 36.4 Å². The van der Waals surface area contributed by atoms with Gasteiger partial charge < -0.3 is 15.0 Å². The highest BCUT2D eigenvalue weighted by Crippen LogP contribution is 2.20. The number of carbonyl (C=O) groups excluding carboxylic acids is 2. The summed E-state index contributed by atoms with van der Waals surface area (Å²) in [4.78, 5) is 27.2. The highest BCUT2D eigenvalue weighted by molar-refractivity contribution is 7.80. The number of rotatable bonds is 6. The highest BCUT2D eigenvalue weighted by Gasteiger charge is 2.21. The van der Waals surface area contributed by atoms with E-state index in [0.29, 0.717) is 35.3 Å². The van der Waals surface area contributed by atoms with Gasteiger partial charge in [-0.1, -0.05) is 26.8 Å². The van der Waals surface area contributed by atoms with Gasteiger partial charge in [-0.3, -0.25) is 14.9 Å². The molecule has 7 heteroatoms. The molecule has 0 aromatic heterocycles. The Bertz CT molecular complexity index is 951. The lowest BCUT2D eigenvalue weighted by atomic mass is 9.98. The molecule has 0 spiro atoms. The molecule has 1 fully saturated rings. The molecule has 2 amide bonds. The molecule has 0 bridgehead atoms. The average molecular weight is 454 g/mol. The van der Waals surface area contributed by atoms with Crippen LogP contribution < -0.4 is 15.4 Å². The van der Waals surface area contributed by atoms with Crippen molar-refractivity contribution in [3.05, 3.63) is 59.7 Å². The van der Waals surface area contributed by atoms with Gasteiger partial charge in [0.2, 0.25) is 0 Å². The molecule has 6 nitrogen and oxygen atoms in total. The first kappa shape index (κ1) is 23.7. The van der Waals surface area contributed by atoms with E-state index in [9.17, 15) is 9.59 Å². The van der Waals surface area contributed by atoms with Gasteiger partial charge in [-0.15, -0.1) is 0 Å². The van der Waals surface area contributed by atoms with Crippen molar-refractivity contribution < 1.29 is 14.3 Å². The second-order valence-corrected chi connectivity index (χ2v) is 9.10. The van der Waals surface area contributed by atoms with E-state index in [-0.39, 0.29) is 16.9 Å².